The number of nitrogens with one attached hydrogen (secondary N) is 1. The summed E-state index contributed by atoms with van der Waals surface area (Å²) < 4.78 is 0. The second-order valence-electron chi connectivity index (χ2n) is 9.14. The smallest absolute Gasteiger partial charge is 0.243 e. The first-order valence-electron chi connectivity index (χ1n) is 12.3. The van der Waals surface area contributed by atoms with E-state index in [1.54, 1.807) is 16.7 Å². The molecule has 0 bridgehead atoms. The van der Waals surface area contributed by atoms with E-state index in [1.165, 1.54) is 5.56 Å². The number of amides is 2. The average Bonchev–Trinajstić information content (AvgIpc) is 2.89. The van der Waals surface area contributed by atoms with Gasteiger partial charge < -0.3 is 10.2 Å². The summed E-state index contributed by atoms with van der Waals surface area (Å²) in [6.45, 7) is 5.15. The molecule has 0 aliphatic carbocycles. The molecule has 0 aliphatic heterocycles. The first-order chi connectivity index (χ1) is 17.0. The molecule has 0 aliphatic rings. The topological polar surface area (TPSA) is 49.4 Å². The number of benzene rings is 3. The maximum Gasteiger partial charge on any atom is 0.243 e. The number of carbonyl (C=O) groups is 2. The van der Waals surface area contributed by atoms with Crippen molar-refractivity contribution < 1.29 is 9.59 Å². The van der Waals surface area contributed by atoms with Gasteiger partial charge in [0.15, 0.2) is 0 Å². The van der Waals surface area contributed by atoms with Gasteiger partial charge in [0.25, 0.3) is 0 Å². The number of hydrogen-bond acceptors (Lipinski definition) is 3. The zero-order valence-corrected chi connectivity index (χ0v) is 21.5. The predicted octanol–water partition coefficient (Wildman–Crippen LogP) is 5.72. The van der Waals surface area contributed by atoms with Crippen LogP contribution in [0.15, 0.2) is 91.0 Å². The minimum Gasteiger partial charge on any atom is -0.354 e. The number of carbonyl (C=O) groups excluding carboxylic acids is 2. The lowest BCUT2D eigenvalue weighted by molar-refractivity contribution is -0.141. The molecule has 3 aromatic carbocycles. The first kappa shape index (κ1) is 26.6. The van der Waals surface area contributed by atoms with Crippen LogP contribution in [0.25, 0.3) is 0 Å². The molecule has 0 spiro atoms. The van der Waals surface area contributed by atoms with Gasteiger partial charge in [0.05, 0.1) is 0 Å². The molecule has 0 saturated carbocycles. The Morgan fingerprint density at radius 3 is 1.91 bits per heavy atom. The van der Waals surface area contributed by atoms with E-state index in [1.807, 2.05) is 78.9 Å². The van der Waals surface area contributed by atoms with Crippen LogP contribution < -0.4 is 5.32 Å². The van der Waals surface area contributed by atoms with Gasteiger partial charge in [-0.1, -0.05) is 105 Å². The van der Waals surface area contributed by atoms with Crippen LogP contribution in [0, 0.1) is 5.92 Å². The van der Waals surface area contributed by atoms with Crippen LogP contribution in [-0.4, -0.2) is 35.1 Å². The lowest BCUT2D eigenvalue weighted by Gasteiger charge is -2.32. The molecule has 3 aromatic rings. The Morgan fingerprint density at radius 1 is 0.800 bits per heavy atom. The number of hydrogen-bond donors (Lipinski definition) is 1. The highest BCUT2D eigenvalue weighted by molar-refractivity contribution is 7.98. The van der Waals surface area contributed by atoms with Crippen LogP contribution in [-0.2, 0) is 28.3 Å². The largest absolute Gasteiger partial charge is 0.354 e. The van der Waals surface area contributed by atoms with Crippen molar-refractivity contribution in [3.63, 3.8) is 0 Å². The van der Waals surface area contributed by atoms with Gasteiger partial charge in [-0.15, -0.1) is 0 Å². The van der Waals surface area contributed by atoms with Gasteiger partial charge in [-0.3, -0.25) is 9.59 Å². The highest BCUT2D eigenvalue weighted by atomic mass is 32.2. The molecule has 1 atom stereocenters. The molecule has 2 amide bonds. The second kappa shape index (κ2) is 14.4. The highest BCUT2D eigenvalue weighted by Gasteiger charge is 2.30. The lowest BCUT2D eigenvalue weighted by atomic mass is 10.0. The summed E-state index contributed by atoms with van der Waals surface area (Å²) in [4.78, 5) is 28.7. The third-order valence-corrected chi connectivity index (χ3v) is 6.75. The summed E-state index contributed by atoms with van der Waals surface area (Å²) in [5, 5.41) is 3.07. The minimum atomic E-state index is -0.567. The third kappa shape index (κ3) is 9.25. The Hall–Kier alpha value is -3.05. The Balaban J connectivity index is 1.76. The van der Waals surface area contributed by atoms with Crippen LogP contribution in [0.5, 0.6) is 0 Å². The van der Waals surface area contributed by atoms with Crippen molar-refractivity contribution in [2.45, 2.75) is 45.0 Å². The summed E-state index contributed by atoms with van der Waals surface area (Å²) in [7, 11) is 0. The maximum atomic E-state index is 13.6. The van der Waals surface area contributed by atoms with E-state index in [4.69, 9.17) is 0 Å². The molecule has 184 valence electrons. The monoisotopic (exact) mass is 488 g/mol. The maximum absolute atomic E-state index is 13.6. The highest BCUT2D eigenvalue weighted by Crippen LogP contribution is 2.18. The second-order valence-corrected chi connectivity index (χ2v) is 10.2. The Kier molecular flexibility index (Phi) is 10.9. The fraction of sp³-hybridized carbons (Fsp3) is 0.333. The SMILES string of the molecule is CC(C)CNC(=O)[C@H](Cc1ccccc1)N(Cc1ccccc1)C(=O)CCSCc1ccccc1. The van der Waals surface area contributed by atoms with Gasteiger partial charge in [0.2, 0.25) is 11.8 Å². The molecule has 35 heavy (non-hydrogen) atoms. The Morgan fingerprint density at radius 2 is 1.34 bits per heavy atom. The summed E-state index contributed by atoms with van der Waals surface area (Å²) in [6.07, 6.45) is 0.883. The van der Waals surface area contributed by atoms with Crippen LogP contribution in [0.2, 0.25) is 0 Å². The van der Waals surface area contributed by atoms with Crippen molar-refractivity contribution in [2.24, 2.45) is 5.92 Å². The molecule has 0 radical (unpaired) electrons. The Labute approximate surface area is 214 Å². The van der Waals surface area contributed by atoms with E-state index in [0.29, 0.717) is 37.6 Å². The van der Waals surface area contributed by atoms with Crippen molar-refractivity contribution in [1.82, 2.24) is 10.2 Å². The molecular formula is C30H36N2O2S. The number of nitrogens with zero attached hydrogens (tertiary/aromatic N) is 1. The molecule has 5 heteroatoms. The van der Waals surface area contributed by atoms with Gasteiger partial charge in [-0.05, 0) is 22.6 Å². The first-order valence-corrected chi connectivity index (χ1v) is 13.4. The molecule has 0 fully saturated rings. The van der Waals surface area contributed by atoms with Gasteiger partial charge >= 0.3 is 0 Å². The molecule has 4 nitrogen and oxygen atoms in total. The molecule has 0 aromatic heterocycles. The fourth-order valence-electron chi connectivity index (χ4n) is 3.82. The lowest BCUT2D eigenvalue weighted by Crippen LogP contribution is -2.51. The summed E-state index contributed by atoms with van der Waals surface area (Å²) in [6, 6.07) is 29.6. The normalized spacial score (nSPS) is 11.7. The zero-order chi connectivity index (χ0) is 24.9. The van der Waals surface area contributed by atoms with Crippen molar-refractivity contribution in [3.8, 4) is 0 Å². The summed E-state index contributed by atoms with van der Waals surface area (Å²) in [5.41, 5.74) is 3.31. The van der Waals surface area contributed by atoms with E-state index >= 15 is 0 Å². The van der Waals surface area contributed by atoms with E-state index < -0.39 is 6.04 Å². The molecule has 1 N–H and O–H groups in total. The van der Waals surface area contributed by atoms with E-state index in [2.05, 4.69) is 31.3 Å². The van der Waals surface area contributed by atoms with Crippen LogP contribution in [0.1, 0.15) is 37.0 Å². The summed E-state index contributed by atoms with van der Waals surface area (Å²) in [5.74, 6) is 1.84. The van der Waals surface area contributed by atoms with Gasteiger partial charge in [0.1, 0.15) is 6.04 Å². The fourth-order valence-corrected chi connectivity index (χ4v) is 4.72. The van der Waals surface area contributed by atoms with E-state index in [-0.39, 0.29) is 11.8 Å². The van der Waals surface area contributed by atoms with Gasteiger partial charge in [-0.2, -0.15) is 11.8 Å². The van der Waals surface area contributed by atoms with Crippen LogP contribution >= 0.6 is 11.8 Å². The number of rotatable bonds is 13. The summed E-state index contributed by atoms with van der Waals surface area (Å²) >= 11 is 1.75. The molecule has 0 saturated heterocycles. The predicted molar refractivity (Wildman–Crippen MR) is 146 cm³/mol. The van der Waals surface area contributed by atoms with Crippen LogP contribution in [0.3, 0.4) is 0 Å². The molecular weight excluding hydrogens is 452 g/mol. The quantitative estimate of drug-likeness (QED) is 0.313. The Bertz CT molecular complexity index is 1030. The van der Waals surface area contributed by atoms with Crippen molar-refractivity contribution >= 4 is 23.6 Å². The average molecular weight is 489 g/mol. The number of thioether (sulfide) groups is 1. The van der Waals surface area contributed by atoms with Crippen molar-refractivity contribution in [1.29, 1.82) is 0 Å². The minimum absolute atomic E-state index is 0.00930. The standard InChI is InChI=1S/C30H36N2O2S/c1-24(2)21-31-30(34)28(20-25-12-6-3-7-13-25)32(22-26-14-8-4-9-15-26)29(33)18-19-35-23-27-16-10-5-11-17-27/h3-17,24,28H,18-23H2,1-2H3,(H,31,34)/t28-/m0/s1. The molecule has 0 unspecified atom stereocenters. The van der Waals surface area contributed by atoms with Crippen LogP contribution in [0.4, 0.5) is 0 Å². The third-order valence-electron chi connectivity index (χ3n) is 5.72. The van der Waals surface area contributed by atoms with E-state index in [0.717, 1.165) is 16.9 Å². The van der Waals surface area contributed by atoms with Gasteiger partial charge in [0, 0.05) is 37.4 Å². The molecule has 3 rings (SSSR count). The zero-order valence-electron chi connectivity index (χ0n) is 20.7. The van der Waals surface area contributed by atoms with Gasteiger partial charge in [-0.25, -0.2) is 0 Å². The molecule has 0 heterocycles. The van der Waals surface area contributed by atoms with Crippen molar-refractivity contribution in [3.05, 3.63) is 108 Å². The van der Waals surface area contributed by atoms with E-state index in [9.17, 15) is 9.59 Å². The van der Waals surface area contributed by atoms with Crippen molar-refractivity contribution in [2.75, 3.05) is 12.3 Å².